The number of nitrogens with one attached hydrogen (secondary N) is 4. The molecule has 2 aliphatic carbocycles. The maximum absolute atomic E-state index is 14.3. The number of aromatic nitrogens is 2. The lowest BCUT2D eigenvalue weighted by atomic mass is 9.59. The average Bonchev–Trinajstić information content (AvgIpc) is 4.00. The van der Waals surface area contributed by atoms with Crippen molar-refractivity contribution in [3.63, 3.8) is 0 Å². The van der Waals surface area contributed by atoms with Crippen LogP contribution in [0.2, 0.25) is 0 Å². The molecule has 3 aliphatic heterocycles. The van der Waals surface area contributed by atoms with Gasteiger partial charge in [0.05, 0.1) is 27.0 Å². The Morgan fingerprint density at radius 2 is 1.76 bits per heavy atom. The van der Waals surface area contributed by atoms with E-state index in [0.29, 0.717) is 54.7 Å². The summed E-state index contributed by atoms with van der Waals surface area (Å²) in [6.45, 7) is 9.09. The summed E-state index contributed by atoms with van der Waals surface area (Å²) in [5, 5.41) is 29.2. The quantitative estimate of drug-likeness (QED) is 0.0507. The van der Waals surface area contributed by atoms with E-state index < -0.39 is 43.1 Å². The summed E-state index contributed by atoms with van der Waals surface area (Å²) in [4.78, 5) is 50.1. The molecule has 5 aromatic rings. The number of nitrogens with zero attached hydrogens (tertiary/aromatic N) is 4. The summed E-state index contributed by atoms with van der Waals surface area (Å²) in [7, 11) is -4.75. The highest BCUT2D eigenvalue weighted by atomic mass is 32.2. The Morgan fingerprint density at radius 3 is 2.49 bits per heavy atom. The van der Waals surface area contributed by atoms with Crippen molar-refractivity contribution in [2.45, 2.75) is 120 Å². The fourth-order valence-electron chi connectivity index (χ4n) is 11.8. The zero-order valence-electron chi connectivity index (χ0n) is 39.7. The van der Waals surface area contributed by atoms with Crippen LogP contribution in [-0.2, 0) is 10.0 Å². The van der Waals surface area contributed by atoms with E-state index >= 15 is 0 Å². The van der Waals surface area contributed by atoms with Crippen LogP contribution in [0.3, 0.4) is 0 Å². The highest BCUT2D eigenvalue weighted by molar-refractivity contribution is 7.90. The number of aliphatic hydroxyl groups is 1. The molecule has 19 heteroatoms. The first-order valence-electron chi connectivity index (χ1n) is 24.4. The van der Waals surface area contributed by atoms with Gasteiger partial charge in [-0.25, -0.2) is 22.9 Å². The number of H-pyrrole nitrogens is 1. The van der Waals surface area contributed by atoms with E-state index in [4.69, 9.17) is 15.2 Å². The largest absolute Gasteiger partial charge is 0.489 e. The highest BCUT2D eigenvalue weighted by Gasteiger charge is 2.50. The number of carbonyl (C=O) groups excluding carboxylic acids is 2. The van der Waals surface area contributed by atoms with E-state index in [1.54, 1.807) is 37.4 Å². The molecular formula is C51H61N9O9S. The average molecular weight is 976 g/mol. The third kappa shape index (κ3) is 9.33. The number of nitro benzene ring substituents is 1. The number of fused-ring (bicyclic) bond motifs is 2. The number of pyridine rings is 1. The number of likely N-dealkylation sites (tertiary alicyclic amines) is 1. The van der Waals surface area contributed by atoms with Gasteiger partial charge in [-0.2, -0.15) is 0 Å². The molecule has 70 heavy (non-hydrogen) atoms. The minimum Gasteiger partial charge on any atom is -0.489 e. The van der Waals surface area contributed by atoms with Gasteiger partial charge in [0, 0.05) is 60.6 Å². The number of primary amides is 1. The molecule has 3 amide bonds. The van der Waals surface area contributed by atoms with E-state index in [2.05, 4.69) is 73.2 Å². The van der Waals surface area contributed by atoms with Crippen LogP contribution in [0, 0.1) is 21.4 Å². The first kappa shape index (κ1) is 47.2. The van der Waals surface area contributed by atoms with Crippen LogP contribution < -0.4 is 35.5 Å². The topological polar surface area (TPSA) is 247 Å². The van der Waals surface area contributed by atoms with E-state index in [9.17, 15) is 33.2 Å². The van der Waals surface area contributed by atoms with Crippen molar-refractivity contribution in [2.24, 2.45) is 17.1 Å². The molecule has 10 rings (SSSR count). The molecule has 0 bridgehead atoms. The second-order valence-electron chi connectivity index (χ2n) is 20.7. The number of urea groups is 1. The van der Waals surface area contributed by atoms with Gasteiger partial charge < -0.3 is 35.5 Å². The summed E-state index contributed by atoms with van der Waals surface area (Å²) in [6.07, 6.45) is 10.8. The number of aromatic amines is 1. The van der Waals surface area contributed by atoms with Gasteiger partial charge in [-0.15, -0.1) is 0 Å². The number of ether oxygens (including phenoxy) is 2. The van der Waals surface area contributed by atoms with E-state index in [1.165, 1.54) is 30.0 Å². The predicted octanol–water partition coefficient (Wildman–Crippen LogP) is 8.70. The van der Waals surface area contributed by atoms with Gasteiger partial charge in [0.1, 0.15) is 18.0 Å². The fraction of sp³-hybridized carbons (Fsp3) is 0.471. The molecule has 5 heterocycles. The molecule has 2 saturated heterocycles. The van der Waals surface area contributed by atoms with Crippen molar-refractivity contribution in [2.75, 3.05) is 41.8 Å². The van der Waals surface area contributed by atoms with Crippen LogP contribution in [-0.4, -0.2) is 89.2 Å². The number of sulfonamides is 1. The monoisotopic (exact) mass is 975 g/mol. The van der Waals surface area contributed by atoms with Gasteiger partial charge >= 0.3 is 6.03 Å². The Labute approximate surface area is 406 Å². The third-order valence-corrected chi connectivity index (χ3v) is 17.0. The molecule has 0 unspecified atom stereocenters. The molecule has 5 aliphatic rings. The van der Waals surface area contributed by atoms with Crippen LogP contribution in [0.25, 0.3) is 11.0 Å². The number of carbonyl (C=O) groups is 2. The summed E-state index contributed by atoms with van der Waals surface area (Å²) < 4.78 is 42.7. The minimum absolute atomic E-state index is 0.0284. The van der Waals surface area contributed by atoms with E-state index in [1.807, 2.05) is 0 Å². The maximum Gasteiger partial charge on any atom is 0.317 e. The molecule has 0 radical (unpaired) electrons. The second kappa shape index (κ2) is 18.4. The molecule has 370 valence electrons. The molecule has 1 spiro atoms. The van der Waals surface area contributed by atoms with Crippen molar-refractivity contribution in [3.05, 3.63) is 99.7 Å². The van der Waals surface area contributed by atoms with Crippen LogP contribution in [0.1, 0.15) is 118 Å². The van der Waals surface area contributed by atoms with Crippen LogP contribution in [0.5, 0.6) is 17.2 Å². The Kier molecular flexibility index (Phi) is 12.4. The smallest absolute Gasteiger partial charge is 0.317 e. The Hall–Kier alpha value is -6.44. The number of anilines is 3. The normalized spacial score (nSPS) is 23.6. The molecule has 2 saturated carbocycles. The molecular weight excluding hydrogens is 915 g/mol. The maximum atomic E-state index is 14.3. The fourth-order valence-corrected chi connectivity index (χ4v) is 12.8. The Bertz CT molecular complexity index is 2950. The molecule has 18 nitrogen and oxygen atoms in total. The minimum atomic E-state index is -4.75. The van der Waals surface area contributed by atoms with Crippen molar-refractivity contribution in [3.8, 4) is 17.2 Å². The second-order valence-corrected chi connectivity index (χ2v) is 22.3. The number of amides is 3. The number of piperidine rings is 1. The number of nitro groups is 1. The Morgan fingerprint density at radius 1 is 1.00 bits per heavy atom. The molecule has 4 fully saturated rings. The lowest BCUT2D eigenvalue weighted by Crippen LogP contribution is -2.54. The molecule has 3 aromatic carbocycles. The van der Waals surface area contributed by atoms with Gasteiger partial charge in [0.2, 0.25) is 0 Å². The summed E-state index contributed by atoms with van der Waals surface area (Å²) >= 11 is 0. The summed E-state index contributed by atoms with van der Waals surface area (Å²) in [5.41, 5.74) is 8.44. The molecule has 7 N–H and O–H groups in total. The van der Waals surface area contributed by atoms with Gasteiger partial charge in [-0.05, 0) is 130 Å². The van der Waals surface area contributed by atoms with Crippen LogP contribution in [0.15, 0.2) is 77.8 Å². The Balaban J connectivity index is 0.889. The number of nitrogens with two attached hydrogens (primary N) is 1. The predicted molar refractivity (Wildman–Crippen MR) is 265 cm³/mol. The number of hydrogen-bond donors (Lipinski definition) is 6. The lowest BCUT2D eigenvalue weighted by Gasteiger charge is -2.56. The lowest BCUT2D eigenvalue weighted by molar-refractivity contribution is -0.384. The zero-order chi connectivity index (χ0) is 49.1. The molecule has 2 aromatic heterocycles. The first-order chi connectivity index (χ1) is 33.4. The van der Waals surface area contributed by atoms with Gasteiger partial charge in [-0.3, -0.25) is 25.1 Å². The standard InChI is InChI=1S/C51H61N9O9S/c1-30(2)36-7-4-5-8-37(36)40-9-6-20-59(40)34-27-51(28-34)17-21-58(22-18-51)33-10-11-38(42(24-33)69-44-23-32-14-19-53-46(32)55-47(44)56-49(52)62)48(61)57-70(66,67)35-25-41(60(64)65)45-43(26-35)68-29-39(54-45)31-12-15-50(3,63)16-13-31/h4-5,7-8,10-11,14,19,23-26,30-31,34,39-40,54,63H,6,9,12-13,15-18,20-22,27-29H2,1-3H3,(H,57,61)(H4,52,53,55,56,62)/t31-,39-,40+,50-/m1/s1. The summed E-state index contributed by atoms with van der Waals surface area (Å²) in [6, 6.07) is 19.0. The van der Waals surface area contributed by atoms with Gasteiger partial charge in [-0.1, -0.05) is 38.1 Å². The highest BCUT2D eigenvalue weighted by Crippen LogP contribution is 2.54. The van der Waals surface area contributed by atoms with Crippen molar-refractivity contribution < 1.29 is 37.5 Å². The van der Waals surface area contributed by atoms with Crippen LogP contribution >= 0.6 is 0 Å². The van der Waals surface area contributed by atoms with Crippen LogP contribution in [0.4, 0.5) is 27.7 Å². The summed E-state index contributed by atoms with van der Waals surface area (Å²) in [5.74, 6) is -0.579. The van der Waals surface area contributed by atoms with E-state index in [0.717, 1.165) is 63.1 Å². The third-order valence-electron chi connectivity index (χ3n) is 15.7. The van der Waals surface area contributed by atoms with Crippen molar-refractivity contribution in [1.82, 2.24) is 19.6 Å². The van der Waals surface area contributed by atoms with Crippen molar-refractivity contribution >= 4 is 55.9 Å². The van der Waals surface area contributed by atoms with E-state index in [-0.39, 0.29) is 58.3 Å². The zero-order valence-corrected chi connectivity index (χ0v) is 40.5. The number of hydrogen-bond acceptors (Lipinski definition) is 13. The van der Waals surface area contributed by atoms with Gasteiger partial charge in [0.15, 0.2) is 23.0 Å². The number of rotatable bonds is 12. The molecule has 2 atom stereocenters. The SMILES string of the molecule is CC(C)c1ccccc1[C@@H]1CCCN1C1CC2(CCN(c3ccc(C(=O)NS(=O)(=O)c4cc5c(c([N+](=O)[O-])c4)N[C@@H]([C@H]4CC[C@](C)(O)CC4)CO5)c(Oc4cc5cc[nH]c5nc4NC(N)=O)c3)CC2)C1. The first-order valence-corrected chi connectivity index (χ1v) is 25.9. The van der Waals surface area contributed by atoms with Gasteiger partial charge in [0.25, 0.3) is 21.6 Å². The number of benzene rings is 3. The van der Waals surface area contributed by atoms with Crippen molar-refractivity contribution in [1.29, 1.82) is 0 Å².